The monoisotopic (exact) mass is 312 g/mol. The number of aromatic nitrogens is 1. The predicted molar refractivity (Wildman–Crippen MR) is 89.0 cm³/mol. The number of nitrogen functional groups attached to an aromatic ring is 1. The Morgan fingerprint density at radius 2 is 1.61 bits per heavy atom. The minimum atomic E-state index is -0.433. The van der Waals surface area contributed by atoms with Gasteiger partial charge >= 0.3 is 0 Å². The van der Waals surface area contributed by atoms with Gasteiger partial charge in [0.25, 0.3) is 0 Å². The van der Waals surface area contributed by atoms with Crippen molar-refractivity contribution in [1.29, 1.82) is 0 Å². The zero-order valence-corrected chi connectivity index (χ0v) is 12.8. The van der Waals surface area contributed by atoms with Crippen molar-refractivity contribution in [2.75, 3.05) is 5.73 Å². The van der Waals surface area contributed by atoms with Crippen LogP contribution < -0.4 is 5.73 Å². The van der Waals surface area contributed by atoms with Crippen molar-refractivity contribution in [2.45, 2.75) is 19.8 Å². The average molecular weight is 312 g/mol. The summed E-state index contributed by atoms with van der Waals surface area (Å²) < 4.78 is 14.3. The van der Waals surface area contributed by atoms with Gasteiger partial charge in [-0.2, -0.15) is 0 Å². The average Bonchev–Trinajstić information content (AvgIpc) is 2.45. The number of rotatable bonds is 2. The third-order valence-electron chi connectivity index (χ3n) is 3.83. The van der Waals surface area contributed by atoms with Gasteiger partial charge in [-0.15, -0.1) is 0 Å². The van der Waals surface area contributed by atoms with Gasteiger partial charge in [0.15, 0.2) is 0 Å². The molecule has 0 spiro atoms. The molecular formula is C18H17FN2O2. The van der Waals surface area contributed by atoms with Gasteiger partial charge in [-0.05, 0) is 53.4 Å². The van der Waals surface area contributed by atoms with E-state index >= 15 is 0 Å². The van der Waals surface area contributed by atoms with Crippen LogP contribution in [0, 0.1) is 5.82 Å². The molecule has 3 aromatic rings. The number of benzene rings is 2. The third-order valence-corrected chi connectivity index (χ3v) is 3.83. The maximum absolute atomic E-state index is 14.3. The molecule has 0 aliphatic heterocycles. The van der Waals surface area contributed by atoms with Crippen molar-refractivity contribution in [2.24, 2.45) is 0 Å². The summed E-state index contributed by atoms with van der Waals surface area (Å²) in [6, 6.07) is 9.18. The highest BCUT2D eigenvalue weighted by Crippen LogP contribution is 2.38. The Hall–Kier alpha value is -2.82. The topological polar surface area (TPSA) is 79.4 Å². The lowest BCUT2D eigenvalue weighted by Crippen LogP contribution is -1.93. The molecule has 5 heteroatoms. The number of fused-ring (bicyclic) bond motifs is 1. The summed E-state index contributed by atoms with van der Waals surface area (Å²) in [5.74, 6) is -0.197. The fourth-order valence-corrected chi connectivity index (χ4v) is 2.75. The van der Waals surface area contributed by atoms with Crippen molar-refractivity contribution in [1.82, 2.24) is 4.98 Å². The lowest BCUT2D eigenvalue weighted by atomic mass is 9.95. The van der Waals surface area contributed by atoms with E-state index in [9.17, 15) is 14.6 Å². The van der Waals surface area contributed by atoms with Crippen LogP contribution in [0.25, 0.3) is 22.0 Å². The van der Waals surface area contributed by atoms with Crippen LogP contribution in [0.5, 0.6) is 11.5 Å². The Bertz CT molecular complexity index is 884. The van der Waals surface area contributed by atoms with E-state index < -0.39 is 5.82 Å². The number of aromatic hydroxyl groups is 2. The number of phenolic OH excluding ortho intramolecular Hbond substituents is 2. The van der Waals surface area contributed by atoms with Crippen LogP contribution in [0.1, 0.15) is 25.3 Å². The Balaban J connectivity index is 2.21. The fourth-order valence-electron chi connectivity index (χ4n) is 2.75. The molecule has 4 N–H and O–H groups in total. The third kappa shape index (κ3) is 2.65. The molecule has 3 rings (SSSR count). The zero-order valence-electron chi connectivity index (χ0n) is 12.8. The number of phenols is 2. The van der Waals surface area contributed by atoms with Crippen molar-refractivity contribution >= 4 is 16.7 Å². The molecule has 1 heterocycles. The van der Waals surface area contributed by atoms with Gasteiger partial charge in [0.1, 0.15) is 23.1 Å². The van der Waals surface area contributed by atoms with Crippen molar-refractivity contribution < 1.29 is 14.6 Å². The fraction of sp³-hybridized carbons (Fsp3) is 0.167. The molecule has 0 aliphatic carbocycles. The van der Waals surface area contributed by atoms with E-state index in [1.54, 1.807) is 18.2 Å². The van der Waals surface area contributed by atoms with Crippen LogP contribution >= 0.6 is 0 Å². The smallest absolute Gasteiger partial charge is 0.133 e. The van der Waals surface area contributed by atoms with E-state index in [-0.39, 0.29) is 17.4 Å². The maximum Gasteiger partial charge on any atom is 0.133 e. The molecule has 0 bridgehead atoms. The number of nitrogens with two attached hydrogens (primary N) is 1. The minimum absolute atomic E-state index is 0.0176. The Morgan fingerprint density at radius 3 is 2.22 bits per heavy atom. The second-order valence-corrected chi connectivity index (χ2v) is 5.84. The first-order chi connectivity index (χ1) is 10.9. The SMILES string of the molecule is CC(C)c1c(O)cc(-c2cc(F)c3ccc(N)nc3c2)cc1O. The molecule has 0 unspecified atom stereocenters. The molecule has 4 nitrogen and oxygen atoms in total. The number of nitrogens with zero attached hydrogens (tertiary/aromatic N) is 1. The number of hydrogen-bond acceptors (Lipinski definition) is 4. The molecule has 23 heavy (non-hydrogen) atoms. The molecule has 0 radical (unpaired) electrons. The summed E-state index contributed by atoms with van der Waals surface area (Å²) in [5.41, 5.74) is 7.56. The van der Waals surface area contributed by atoms with Gasteiger partial charge in [-0.25, -0.2) is 9.37 Å². The summed E-state index contributed by atoms with van der Waals surface area (Å²) in [7, 11) is 0. The first-order valence-corrected chi connectivity index (χ1v) is 7.29. The van der Waals surface area contributed by atoms with E-state index in [1.807, 2.05) is 13.8 Å². The maximum atomic E-state index is 14.3. The van der Waals surface area contributed by atoms with Crippen LogP contribution in [0.3, 0.4) is 0 Å². The highest BCUT2D eigenvalue weighted by molar-refractivity contribution is 5.86. The van der Waals surface area contributed by atoms with Crippen LogP contribution in [-0.2, 0) is 0 Å². The second kappa shape index (κ2) is 5.43. The minimum Gasteiger partial charge on any atom is -0.507 e. The number of pyridine rings is 1. The Morgan fingerprint density at radius 1 is 1.00 bits per heavy atom. The summed E-state index contributed by atoms with van der Waals surface area (Å²) in [4.78, 5) is 4.13. The number of anilines is 1. The van der Waals surface area contributed by atoms with E-state index in [0.29, 0.717) is 33.4 Å². The van der Waals surface area contributed by atoms with E-state index in [4.69, 9.17) is 5.73 Å². The number of hydrogen-bond donors (Lipinski definition) is 3. The summed E-state index contributed by atoms with van der Waals surface area (Å²) in [6.07, 6.45) is 0. The van der Waals surface area contributed by atoms with Crippen LogP contribution in [0.2, 0.25) is 0 Å². The van der Waals surface area contributed by atoms with Crippen molar-refractivity contribution in [3.05, 3.63) is 47.8 Å². The quantitative estimate of drug-likeness (QED) is 0.664. The van der Waals surface area contributed by atoms with Crippen LogP contribution in [-0.4, -0.2) is 15.2 Å². The van der Waals surface area contributed by atoms with E-state index in [0.717, 1.165) is 0 Å². The van der Waals surface area contributed by atoms with Crippen LogP contribution in [0.4, 0.5) is 10.2 Å². The van der Waals surface area contributed by atoms with Gasteiger partial charge in [-0.1, -0.05) is 13.8 Å². The zero-order chi connectivity index (χ0) is 16.7. The molecule has 0 saturated heterocycles. The summed E-state index contributed by atoms with van der Waals surface area (Å²) in [6.45, 7) is 3.74. The molecule has 0 aliphatic rings. The highest BCUT2D eigenvalue weighted by atomic mass is 19.1. The molecule has 2 aromatic carbocycles. The summed E-state index contributed by atoms with van der Waals surface area (Å²) in [5, 5.41) is 20.7. The lowest BCUT2D eigenvalue weighted by molar-refractivity contribution is 0.434. The van der Waals surface area contributed by atoms with Gasteiger partial charge in [-0.3, -0.25) is 0 Å². The first-order valence-electron chi connectivity index (χ1n) is 7.29. The Kier molecular flexibility index (Phi) is 3.56. The molecule has 0 fully saturated rings. The molecular weight excluding hydrogens is 295 g/mol. The summed E-state index contributed by atoms with van der Waals surface area (Å²) >= 11 is 0. The molecule has 1 aromatic heterocycles. The molecule has 118 valence electrons. The van der Waals surface area contributed by atoms with Crippen molar-refractivity contribution in [3.63, 3.8) is 0 Å². The first kappa shape index (κ1) is 15.1. The standard InChI is InChI=1S/C18H17FN2O2/c1-9(2)18-15(22)7-11(8-16(18)23)10-5-13(19)12-3-4-17(20)21-14(12)6-10/h3-9,22-23H,1-2H3,(H2,20,21). The van der Waals surface area contributed by atoms with E-state index in [1.165, 1.54) is 18.2 Å². The number of halogens is 1. The highest BCUT2D eigenvalue weighted by Gasteiger charge is 2.15. The van der Waals surface area contributed by atoms with Gasteiger partial charge < -0.3 is 15.9 Å². The lowest BCUT2D eigenvalue weighted by Gasteiger charge is -2.13. The van der Waals surface area contributed by atoms with Gasteiger partial charge in [0, 0.05) is 10.9 Å². The van der Waals surface area contributed by atoms with Gasteiger partial charge in [0.2, 0.25) is 0 Å². The molecule has 0 atom stereocenters. The van der Waals surface area contributed by atoms with E-state index in [2.05, 4.69) is 4.98 Å². The van der Waals surface area contributed by atoms with Crippen LogP contribution in [0.15, 0.2) is 36.4 Å². The molecule has 0 amide bonds. The predicted octanol–water partition coefficient (Wildman–Crippen LogP) is 4.16. The Labute approximate surface area is 133 Å². The molecule has 0 saturated carbocycles. The van der Waals surface area contributed by atoms with Crippen molar-refractivity contribution in [3.8, 4) is 22.6 Å². The second-order valence-electron chi connectivity index (χ2n) is 5.84. The van der Waals surface area contributed by atoms with Gasteiger partial charge in [0.05, 0.1) is 5.52 Å². The normalized spacial score (nSPS) is 11.3. The largest absolute Gasteiger partial charge is 0.507 e.